The largest absolute Gasteiger partial charge is 0.382 e. The van der Waals surface area contributed by atoms with E-state index < -0.39 is 0 Å². The van der Waals surface area contributed by atoms with Gasteiger partial charge in [-0.15, -0.1) is 0 Å². The van der Waals surface area contributed by atoms with Crippen LogP contribution in [0.15, 0.2) is 30.5 Å². The Morgan fingerprint density at radius 1 is 1.18 bits per heavy atom. The highest BCUT2D eigenvalue weighted by Gasteiger charge is 2.13. The standard InChI is InChI=1S/C15H20N2/c1-15(2,3)14-8-6-12(7-9-14)13(10-16)11-17(4)5/h6-9,11H,1-5H3/b13-11-. The lowest BCUT2D eigenvalue weighted by molar-refractivity contribution is 0.566. The average molecular weight is 228 g/mol. The molecule has 0 fully saturated rings. The van der Waals surface area contributed by atoms with Gasteiger partial charge in [-0.3, -0.25) is 0 Å². The molecule has 0 aliphatic heterocycles. The van der Waals surface area contributed by atoms with Crippen molar-refractivity contribution in [1.82, 2.24) is 4.90 Å². The molecule has 0 radical (unpaired) electrons. The van der Waals surface area contributed by atoms with E-state index in [4.69, 9.17) is 5.26 Å². The van der Waals surface area contributed by atoms with Crippen LogP contribution >= 0.6 is 0 Å². The first-order valence-electron chi connectivity index (χ1n) is 5.74. The minimum atomic E-state index is 0.149. The summed E-state index contributed by atoms with van der Waals surface area (Å²) in [5.41, 5.74) is 3.09. The number of hydrogen-bond acceptors (Lipinski definition) is 2. The van der Waals surface area contributed by atoms with Crippen molar-refractivity contribution in [3.63, 3.8) is 0 Å². The summed E-state index contributed by atoms with van der Waals surface area (Å²) in [6.45, 7) is 6.55. The summed E-state index contributed by atoms with van der Waals surface area (Å²) in [4.78, 5) is 1.89. The van der Waals surface area contributed by atoms with Crippen LogP contribution in [0.5, 0.6) is 0 Å². The van der Waals surface area contributed by atoms with E-state index >= 15 is 0 Å². The molecule has 0 spiro atoms. The van der Waals surface area contributed by atoms with Crippen molar-refractivity contribution in [3.05, 3.63) is 41.6 Å². The Morgan fingerprint density at radius 3 is 2.06 bits per heavy atom. The molecule has 90 valence electrons. The lowest BCUT2D eigenvalue weighted by Gasteiger charge is -2.19. The molecule has 0 unspecified atom stereocenters. The Hall–Kier alpha value is -1.75. The summed E-state index contributed by atoms with van der Waals surface area (Å²) in [5.74, 6) is 0. The van der Waals surface area contributed by atoms with Gasteiger partial charge >= 0.3 is 0 Å². The molecule has 0 saturated heterocycles. The molecule has 0 aliphatic rings. The van der Waals surface area contributed by atoms with E-state index in [0.29, 0.717) is 5.57 Å². The van der Waals surface area contributed by atoms with E-state index in [-0.39, 0.29) is 5.41 Å². The van der Waals surface area contributed by atoms with Crippen LogP contribution in [-0.2, 0) is 5.41 Å². The van der Waals surface area contributed by atoms with Crippen LogP contribution in [0.3, 0.4) is 0 Å². The van der Waals surface area contributed by atoms with Crippen molar-refractivity contribution in [1.29, 1.82) is 5.26 Å². The number of nitrogens with zero attached hydrogens (tertiary/aromatic N) is 2. The van der Waals surface area contributed by atoms with Crippen molar-refractivity contribution < 1.29 is 0 Å². The van der Waals surface area contributed by atoms with Gasteiger partial charge in [0.1, 0.15) is 6.07 Å². The Morgan fingerprint density at radius 2 is 1.71 bits per heavy atom. The Balaban J connectivity index is 3.07. The van der Waals surface area contributed by atoms with Gasteiger partial charge in [0.2, 0.25) is 0 Å². The van der Waals surface area contributed by atoms with Gasteiger partial charge in [0.25, 0.3) is 0 Å². The second-order valence-electron chi connectivity index (χ2n) is 5.45. The molecule has 17 heavy (non-hydrogen) atoms. The van der Waals surface area contributed by atoms with Crippen molar-refractivity contribution in [3.8, 4) is 6.07 Å². The Labute approximate surface area is 104 Å². The molecule has 0 bridgehead atoms. The first kappa shape index (κ1) is 13.3. The fraction of sp³-hybridized carbons (Fsp3) is 0.400. The van der Waals surface area contributed by atoms with Crippen LogP contribution in [0.2, 0.25) is 0 Å². The number of allylic oxidation sites excluding steroid dienone is 1. The topological polar surface area (TPSA) is 27.0 Å². The van der Waals surface area contributed by atoms with Gasteiger partial charge in [-0.25, -0.2) is 0 Å². The van der Waals surface area contributed by atoms with Crippen LogP contribution in [0.25, 0.3) is 5.57 Å². The van der Waals surface area contributed by atoms with Gasteiger partial charge in [0, 0.05) is 20.3 Å². The second-order valence-corrected chi connectivity index (χ2v) is 5.45. The molecule has 0 N–H and O–H groups in total. The fourth-order valence-electron chi connectivity index (χ4n) is 1.58. The van der Waals surface area contributed by atoms with Gasteiger partial charge in [-0.2, -0.15) is 5.26 Å². The fourth-order valence-corrected chi connectivity index (χ4v) is 1.58. The van der Waals surface area contributed by atoms with E-state index in [1.807, 2.05) is 37.3 Å². The molecule has 2 nitrogen and oxygen atoms in total. The monoisotopic (exact) mass is 228 g/mol. The maximum atomic E-state index is 9.11. The molecule has 0 aliphatic carbocycles. The molecular formula is C15H20N2. The molecule has 0 atom stereocenters. The van der Waals surface area contributed by atoms with Crippen molar-refractivity contribution in [2.45, 2.75) is 26.2 Å². The van der Waals surface area contributed by atoms with Crippen LogP contribution in [0.1, 0.15) is 31.9 Å². The molecule has 0 amide bonds. The maximum Gasteiger partial charge on any atom is 0.101 e. The van der Waals surface area contributed by atoms with Crippen molar-refractivity contribution in [2.75, 3.05) is 14.1 Å². The van der Waals surface area contributed by atoms with Crippen LogP contribution in [0.4, 0.5) is 0 Å². The summed E-state index contributed by atoms with van der Waals surface area (Å²) in [7, 11) is 3.84. The lowest BCUT2D eigenvalue weighted by atomic mass is 9.86. The molecule has 2 heteroatoms. The first-order valence-corrected chi connectivity index (χ1v) is 5.74. The van der Waals surface area contributed by atoms with Crippen molar-refractivity contribution >= 4 is 5.57 Å². The van der Waals surface area contributed by atoms with E-state index in [1.54, 1.807) is 0 Å². The second kappa shape index (κ2) is 5.05. The molecule has 1 aromatic carbocycles. The minimum absolute atomic E-state index is 0.149. The average Bonchev–Trinajstić information content (AvgIpc) is 2.24. The van der Waals surface area contributed by atoms with E-state index in [1.165, 1.54) is 5.56 Å². The zero-order valence-electron chi connectivity index (χ0n) is 11.3. The highest BCUT2D eigenvalue weighted by molar-refractivity contribution is 5.76. The normalized spacial score (nSPS) is 12.1. The van der Waals surface area contributed by atoms with Gasteiger partial charge in [-0.1, -0.05) is 45.0 Å². The van der Waals surface area contributed by atoms with Crippen LogP contribution in [-0.4, -0.2) is 19.0 Å². The Bertz CT molecular complexity index is 439. The number of hydrogen-bond donors (Lipinski definition) is 0. The molecule has 0 heterocycles. The first-order chi connectivity index (χ1) is 7.84. The smallest absolute Gasteiger partial charge is 0.101 e. The maximum absolute atomic E-state index is 9.11. The summed E-state index contributed by atoms with van der Waals surface area (Å²) in [6.07, 6.45) is 1.84. The summed E-state index contributed by atoms with van der Waals surface area (Å²) < 4.78 is 0. The van der Waals surface area contributed by atoms with Gasteiger partial charge < -0.3 is 4.90 Å². The van der Waals surface area contributed by atoms with E-state index in [9.17, 15) is 0 Å². The van der Waals surface area contributed by atoms with Crippen molar-refractivity contribution in [2.24, 2.45) is 0 Å². The number of benzene rings is 1. The van der Waals surface area contributed by atoms with Gasteiger partial charge in [0.05, 0.1) is 5.57 Å². The zero-order valence-corrected chi connectivity index (χ0v) is 11.3. The number of rotatable bonds is 2. The molecule has 0 aromatic heterocycles. The third-order valence-electron chi connectivity index (χ3n) is 2.57. The SMILES string of the molecule is CN(C)/C=C(/C#N)c1ccc(C(C)(C)C)cc1. The van der Waals surface area contributed by atoms with Gasteiger partial charge in [0.15, 0.2) is 0 Å². The van der Waals surface area contributed by atoms with Crippen LogP contribution in [0, 0.1) is 11.3 Å². The third-order valence-corrected chi connectivity index (χ3v) is 2.57. The molecule has 1 aromatic rings. The zero-order chi connectivity index (χ0) is 13.1. The van der Waals surface area contributed by atoms with E-state index in [0.717, 1.165) is 5.56 Å². The summed E-state index contributed by atoms with van der Waals surface area (Å²) >= 11 is 0. The summed E-state index contributed by atoms with van der Waals surface area (Å²) in [5, 5.41) is 9.11. The number of nitriles is 1. The predicted octanol–water partition coefficient (Wildman–Crippen LogP) is 3.41. The van der Waals surface area contributed by atoms with Gasteiger partial charge in [-0.05, 0) is 16.5 Å². The molecule has 0 saturated carbocycles. The predicted molar refractivity (Wildman–Crippen MR) is 72.4 cm³/mol. The quantitative estimate of drug-likeness (QED) is 0.725. The highest BCUT2D eigenvalue weighted by atomic mass is 15.0. The molecular weight excluding hydrogens is 208 g/mol. The summed E-state index contributed by atoms with van der Waals surface area (Å²) in [6, 6.07) is 10.4. The minimum Gasteiger partial charge on any atom is -0.382 e. The van der Waals surface area contributed by atoms with E-state index in [2.05, 4.69) is 39.0 Å². The third kappa shape index (κ3) is 3.64. The lowest BCUT2D eigenvalue weighted by Crippen LogP contribution is -2.10. The highest BCUT2D eigenvalue weighted by Crippen LogP contribution is 2.24. The Kier molecular flexibility index (Phi) is 3.96. The van der Waals surface area contributed by atoms with Crippen LogP contribution < -0.4 is 0 Å². The molecule has 1 rings (SSSR count).